The van der Waals surface area contributed by atoms with Gasteiger partial charge in [0.25, 0.3) is 0 Å². The smallest absolute Gasteiger partial charge is 0.294 e. The van der Waals surface area contributed by atoms with Crippen molar-refractivity contribution in [3.8, 4) is 0 Å². The van der Waals surface area contributed by atoms with E-state index in [2.05, 4.69) is 17.1 Å². The Balaban J connectivity index is 1.77. The number of alkyl halides is 3. The van der Waals surface area contributed by atoms with Crippen molar-refractivity contribution in [1.82, 2.24) is 9.21 Å². The first-order valence-corrected chi connectivity index (χ1v) is 10.3. The molecule has 4 nitrogen and oxygen atoms in total. The van der Waals surface area contributed by atoms with Crippen molar-refractivity contribution in [2.75, 3.05) is 26.2 Å². The maximum absolute atomic E-state index is 12.9. The first-order chi connectivity index (χ1) is 12.2. The van der Waals surface area contributed by atoms with E-state index in [9.17, 15) is 21.6 Å². The lowest BCUT2D eigenvalue weighted by molar-refractivity contribution is -0.137. The highest BCUT2D eigenvalue weighted by Gasteiger charge is 2.36. The summed E-state index contributed by atoms with van der Waals surface area (Å²) in [6, 6.07) is 2.70. The van der Waals surface area contributed by atoms with E-state index >= 15 is 0 Å². The number of hydrogen-bond donors (Lipinski definition) is 0. The van der Waals surface area contributed by atoms with E-state index in [-0.39, 0.29) is 18.1 Å². The molecule has 0 amide bonds. The van der Waals surface area contributed by atoms with Crippen LogP contribution in [0.25, 0.3) is 0 Å². The maximum atomic E-state index is 12.9. The molecule has 1 aliphatic carbocycles. The molecule has 1 aromatic rings. The lowest BCUT2D eigenvalue weighted by Gasteiger charge is -2.38. The monoisotopic (exact) mass is 408 g/mol. The van der Waals surface area contributed by atoms with Gasteiger partial charge in [-0.25, -0.2) is 8.42 Å². The molecule has 0 radical (unpaired) electrons. The number of rotatable bonds is 3. The van der Waals surface area contributed by atoms with Gasteiger partial charge in [0.15, 0.2) is 0 Å². The zero-order chi connectivity index (χ0) is 18.9. The Morgan fingerprint density at radius 3 is 2.38 bits per heavy atom. The van der Waals surface area contributed by atoms with Crippen LogP contribution in [0.3, 0.4) is 0 Å². The van der Waals surface area contributed by atoms with Crippen molar-refractivity contribution in [1.29, 1.82) is 0 Å². The second-order valence-electron chi connectivity index (χ2n) is 6.51. The molecule has 2 aliphatic rings. The van der Waals surface area contributed by atoms with Crippen LogP contribution in [-0.4, -0.2) is 49.8 Å². The van der Waals surface area contributed by atoms with E-state index in [4.69, 9.17) is 11.6 Å². The van der Waals surface area contributed by atoms with E-state index in [0.29, 0.717) is 25.2 Å². The molecule has 1 heterocycles. The summed E-state index contributed by atoms with van der Waals surface area (Å²) in [6.45, 7) is 1.56. The molecule has 0 aromatic heterocycles. The van der Waals surface area contributed by atoms with Crippen LogP contribution in [0.4, 0.5) is 13.2 Å². The van der Waals surface area contributed by atoms with Crippen molar-refractivity contribution in [2.45, 2.75) is 36.4 Å². The molecule has 1 saturated heterocycles. The number of hydrogen-bond acceptors (Lipinski definition) is 3. The Labute approximate surface area is 156 Å². The molecule has 0 bridgehead atoms. The number of piperazine rings is 1. The van der Waals surface area contributed by atoms with Gasteiger partial charge in [0.2, 0.25) is 10.0 Å². The van der Waals surface area contributed by atoms with Crippen molar-refractivity contribution in [3.05, 3.63) is 40.9 Å². The van der Waals surface area contributed by atoms with Gasteiger partial charge in [0, 0.05) is 32.2 Å². The molecule has 144 valence electrons. The van der Waals surface area contributed by atoms with Crippen molar-refractivity contribution in [2.24, 2.45) is 0 Å². The zero-order valence-corrected chi connectivity index (χ0v) is 15.6. The summed E-state index contributed by atoms with van der Waals surface area (Å²) in [7, 11) is -4.07. The van der Waals surface area contributed by atoms with Crippen LogP contribution in [0.5, 0.6) is 0 Å². The number of sulfonamides is 1. The molecule has 0 N–H and O–H groups in total. The molecule has 9 heteroatoms. The quantitative estimate of drug-likeness (QED) is 0.715. The van der Waals surface area contributed by atoms with Gasteiger partial charge in [-0.05, 0) is 37.5 Å². The third kappa shape index (κ3) is 4.08. The predicted molar refractivity (Wildman–Crippen MR) is 93.6 cm³/mol. The van der Waals surface area contributed by atoms with Crippen molar-refractivity contribution >= 4 is 21.6 Å². The number of benzene rings is 1. The Bertz CT molecular complexity index is 788. The predicted octanol–water partition coefficient (Wildman–Crippen LogP) is 3.77. The van der Waals surface area contributed by atoms with E-state index in [1.54, 1.807) is 0 Å². The van der Waals surface area contributed by atoms with Gasteiger partial charge in [-0.1, -0.05) is 23.8 Å². The van der Waals surface area contributed by atoms with Crippen LogP contribution in [0.15, 0.2) is 35.2 Å². The summed E-state index contributed by atoms with van der Waals surface area (Å²) < 4.78 is 65.6. The van der Waals surface area contributed by atoms with E-state index in [1.165, 1.54) is 4.31 Å². The molecule has 1 fully saturated rings. The second-order valence-corrected chi connectivity index (χ2v) is 8.82. The van der Waals surface area contributed by atoms with Crippen molar-refractivity contribution in [3.63, 3.8) is 0 Å². The Morgan fingerprint density at radius 2 is 1.81 bits per heavy atom. The molecule has 0 saturated carbocycles. The summed E-state index contributed by atoms with van der Waals surface area (Å²) >= 11 is 5.91. The summed E-state index contributed by atoms with van der Waals surface area (Å²) in [6.07, 6.45) is 2.89. The third-order valence-electron chi connectivity index (χ3n) is 4.85. The van der Waals surface area contributed by atoms with E-state index in [1.807, 2.05) is 0 Å². The highest BCUT2D eigenvalue weighted by molar-refractivity contribution is 7.89. The summed E-state index contributed by atoms with van der Waals surface area (Å²) in [4.78, 5) is 1.73. The highest BCUT2D eigenvalue weighted by Crippen LogP contribution is 2.34. The molecule has 26 heavy (non-hydrogen) atoms. The third-order valence-corrected chi connectivity index (χ3v) is 7.23. The Hall–Kier alpha value is -1.09. The molecular formula is C17H20ClF3N2O2S. The highest BCUT2D eigenvalue weighted by atomic mass is 35.5. The fraction of sp³-hybridized carbons (Fsp3) is 0.529. The topological polar surface area (TPSA) is 40.6 Å². The van der Waals surface area contributed by atoms with Crippen LogP contribution >= 0.6 is 11.6 Å². The minimum atomic E-state index is -4.62. The second kappa shape index (κ2) is 7.50. The van der Waals surface area contributed by atoms with E-state index in [0.717, 1.165) is 31.4 Å². The fourth-order valence-electron chi connectivity index (χ4n) is 3.39. The molecule has 1 aromatic carbocycles. The van der Waals surface area contributed by atoms with Gasteiger partial charge in [0.05, 0.1) is 10.6 Å². The maximum Gasteiger partial charge on any atom is 0.416 e. The van der Waals surface area contributed by atoms with Gasteiger partial charge in [0.1, 0.15) is 4.90 Å². The number of nitrogens with zero attached hydrogens (tertiary/aromatic N) is 2. The first-order valence-electron chi connectivity index (χ1n) is 8.47. The standard InChI is InChI=1S/C17H20ClF3N2O2S/c18-15-7-6-13(17(19,20)21)12-16(15)26(24,25)23-10-8-22(9-11-23)14-4-2-1-3-5-14/h2,4,6-7,12,14H,1,3,5,8-11H2. The molecular weight excluding hydrogens is 389 g/mol. The zero-order valence-electron chi connectivity index (χ0n) is 14.0. The molecule has 0 spiro atoms. The largest absolute Gasteiger partial charge is 0.416 e. The normalized spacial score (nSPS) is 23.3. The van der Waals surface area contributed by atoms with Crippen LogP contribution in [0.1, 0.15) is 24.8 Å². The molecule has 3 rings (SSSR count). The lowest BCUT2D eigenvalue weighted by Crippen LogP contribution is -2.51. The average molecular weight is 409 g/mol. The summed E-state index contributed by atoms with van der Waals surface area (Å²) in [5, 5.41) is -0.198. The molecule has 1 aliphatic heterocycles. The Kier molecular flexibility index (Phi) is 5.67. The van der Waals surface area contributed by atoms with Gasteiger partial charge in [-0.2, -0.15) is 17.5 Å². The van der Waals surface area contributed by atoms with Crippen molar-refractivity contribution < 1.29 is 21.6 Å². The summed E-state index contributed by atoms with van der Waals surface area (Å²) in [5.74, 6) is 0. The SMILES string of the molecule is O=S(=O)(c1cc(C(F)(F)F)ccc1Cl)N1CCN(C2C=CCCC2)CC1. The van der Waals surface area contributed by atoms with Gasteiger partial charge in [-0.3, -0.25) is 4.90 Å². The minimum absolute atomic E-state index is 0.198. The van der Waals surface area contributed by atoms with Crippen LogP contribution in [-0.2, 0) is 16.2 Å². The lowest BCUT2D eigenvalue weighted by atomic mass is 10.0. The molecule has 1 unspecified atom stereocenters. The van der Waals surface area contributed by atoms with Crippen LogP contribution < -0.4 is 0 Å². The van der Waals surface area contributed by atoms with Gasteiger partial charge in [-0.15, -0.1) is 0 Å². The van der Waals surface area contributed by atoms with E-state index < -0.39 is 26.7 Å². The number of halogens is 4. The first kappa shape index (κ1) is 19.7. The number of allylic oxidation sites excluding steroid dienone is 1. The Morgan fingerprint density at radius 1 is 1.12 bits per heavy atom. The summed E-state index contributed by atoms with van der Waals surface area (Å²) in [5.41, 5.74) is -1.02. The van der Waals surface area contributed by atoms with Gasteiger partial charge < -0.3 is 0 Å². The minimum Gasteiger partial charge on any atom is -0.294 e. The van der Waals surface area contributed by atoms with Crippen LogP contribution in [0, 0.1) is 0 Å². The molecule has 1 atom stereocenters. The average Bonchev–Trinajstić information content (AvgIpc) is 2.62. The van der Waals surface area contributed by atoms with Gasteiger partial charge >= 0.3 is 6.18 Å². The van der Waals surface area contributed by atoms with Crippen LogP contribution in [0.2, 0.25) is 5.02 Å². The fourth-order valence-corrected chi connectivity index (χ4v) is 5.31.